The zero-order valence-electron chi connectivity index (χ0n) is 52.2. The van der Waals surface area contributed by atoms with Crippen molar-refractivity contribution in [2.45, 2.75) is 231 Å². The summed E-state index contributed by atoms with van der Waals surface area (Å²) in [5.41, 5.74) is 0. The first-order valence-corrected chi connectivity index (χ1v) is 28.0. The second-order valence-corrected chi connectivity index (χ2v) is 20.0. The van der Waals surface area contributed by atoms with Crippen molar-refractivity contribution >= 4 is 29.1 Å². The van der Waals surface area contributed by atoms with Gasteiger partial charge in [-0.2, -0.15) is 0 Å². The molecule has 20 heteroatoms. The molecule has 8 heterocycles. The van der Waals surface area contributed by atoms with E-state index in [4.69, 9.17) is 24.3 Å². The molecule has 0 amide bonds. The zero-order valence-corrected chi connectivity index (χ0v) is 77.8. The number of carbonyl (C=O) groups excluding carboxylic acids is 1. The first-order chi connectivity index (χ1) is 33.6. The van der Waals surface area contributed by atoms with Crippen LogP contribution in [0.4, 0.5) is 0 Å². The second-order valence-electron chi connectivity index (χ2n) is 18.7. The summed E-state index contributed by atoms with van der Waals surface area (Å²) in [6, 6.07) is 6.19. The Hall–Kier alpha value is 6.24. The molecule has 0 aromatic rings. The van der Waals surface area contributed by atoms with Gasteiger partial charge in [-0.3, -0.25) is 4.79 Å². The molecule has 1 N–H and O–H groups in total. The van der Waals surface area contributed by atoms with E-state index in [0.717, 1.165) is 92.1 Å². The fraction of sp³-hybridized carbons (Fsp3) is 0.678. The molecule has 4 saturated carbocycles. The van der Waals surface area contributed by atoms with Crippen molar-refractivity contribution in [1.82, 2.24) is 19.6 Å². The van der Waals surface area contributed by atoms with Crippen molar-refractivity contribution in [2.75, 3.05) is 28.2 Å². The second kappa shape index (κ2) is 59.3. The number of carbonyl (C=O) groups is 1. The quantitative estimate of drug-likeness (QED) is 0.0779. The summed E-state index contributed by atoms with van der Waals surface area (Å²) < 4.78 is 19.2. The van der Waals surface area contributed by atoms with E-state index in [1.54, 1.807) is 0 Å². The van der Waals surface area contributed by atoms with Gasteiger partial charge < -0.3 is 65.3 Å². The molecule has 0 spiro atoms. The standard InChI is InChI=1S/3C12H17NO.C7H13NO.C5H5I.4C2H6.CH2O3.2CH3.2Cs.4Pd.2Y.H/c3*1-13-9-6-10(13)8-12(7-9)14-11-4-2-3-5-11;1-8-5-2-6(8)4-7(9)3-5;6-5-3-1-2-4-5;4*1-2;2-1-4-3;;;;;;;;;;;/h3*2,4-5,9-10,12H,3,6-8H2,1H3;5-7,9H,2-4H2,1H3;1,3-4H,2H2;4*1-2H3;1,3H;2*1H3;;;;;;;;;/q;;;;;;;;;;2*-1;2*+1;;;;;;;-1/p-1. The van der Waals surface area contributed by atoms with E-state index < -0.39 is 0 Å². The fourth-order valence-corrected chi connectivity index (χ4v) is 11.5. The Balaban J connectivity index is -0.000000105. The van der Waals surface area contributed by atoms with Crippen molar-refractivity contribution in [3.05, 3.63) is 109 Å². The Morgan fingerprint density at radius 3 is 0.823 bits per heavy atom. The van der Waals surface area contributed by atoms with E-state index in [1.807, 2.05) is 55.4 Å². The van der Waals surface area contributed by atoms with Crippen molar-refractivity contribution in [3.63, 3.8) is 0 Å². The van der Waals surface area contributed by atoms with E-state index in [-0.39, 0.29) is 314 Å². The molecule has 0 aromatic heterocycles. The summed E-state index contributed by atoms with van der Waals surface area (Å²) in [6.45, 7) is 15.8. The number of nitrogens with zero attached hydrogens (tertiary/aromatic N) is 4. The van der Waals surface area contributed by atoms with Crippen LogP contribution in [0.3, 0.4) is 0 Å². The zero-order chi connectivity index (χ0) is 50.9. The minimum absolute atomic E-state index is 0. The number of aliphatic hydroxyl groups excluding tert-OH is 1. The molecule has 79 heavy (non-hydrogen) atoms. The summed E-state index contributed by atoms with van der Waals surface area (Å²) in [4.78, 5) is 21.1. The van der Waals surface area contributed by atoms with Gasteiger partial charge in [0, 0.05) is 199 Å². The van der Waals surface area contributed by atoms with Gasteiger partial charge in [0.25, 0.3) is 6.47 Å². The summed E-state index contributed by atoms with van der Waals surface area (Å²) in [5, 5.41) is 17.6. The largest absolute Gasteiger partial charge is 1.00 e. The van der Waals surface area contributed by atoms with Gasteiger partial charge >= 0.3 is 138 Å². The van der Waals surface area contributed by atoms with E-state index >= 15 is 0 Å². The number of hydrogen-bond acceptors (Lipinski definition) is 11. The topological polar surface area (TPSA) is 110 Å². The molecule has 8 atom stereocenters. The average Bonchev–Trinajstić information content (AvgIpc) is 4.29. The Kier molecular flexibility index (Phi) is 76.1. The third kappa shape index (κ3) is 35.2. The molecule has 0 aromatic carbocycles. The van der Waals surface area contributed by atoms with Crippen LogP contribution < -0.4 is 143 Å². The minimum atomic E-state index is -0.181. The molecule has 16 rings (SSSR count). The van der Waals surface area contributed by atoms with Crippen LogP contribution in [0.2, 0.25) is 0 Å². The predicted octanol–water partition coefficient (Wildman–Crippen LogP) is 6.27. The molecular formula is C59H101Cs2IN4O7Pd4Y2-2. The average molecular weight is 1970 g/mol. The fourth-order valence-electron chi connectivity index (χ4n) is 11.0. The molecule has 456 valence electrons. The van der Waals surface area contributed by atoms with Crippen LogP contribution in [0, 0.1) is 14.9 Å². The molecule has 8 unspecified atom stereocenters. The molecule has 2 radical (unpaired) electrons. The number of rotatable bonds is 7. The number of allylic oxidation sites excluding steroid dienone is 13. The summed E-state index contributed by atoms with van der Waals surface area (Å²) in [5.74, 6) is 3.29. The minimum Gasteiger partial charge on any atom is -1.00 e. The Labute approximate surface area is 722 Å². The van der Waals surface area contributed by atoms with Gasteiger partial charge in [-0.1, -0.05) is 91.8 Å². The van der Waals surface area contributed by atoms with Gasteiger partial charge in [-0.25, -0.2) is 0 Å². The van der Waals surface area contributed by atoms with E-state index in [9.17, 15) is 5.11 Å². The van der Waals surface area contributed by atoms with E-state index in [2.05, 4.69) is 148 Å². The van der Waals surface area contributed by atoms with Crippen LogP contribution in [0.1, 0.15) is 160 Å². The molecule has 8 aliphatic heterocycles. The first-order valence-electron chi connectivity index (χ1n) is 27.0. The Bertz CT molecular complexity index is 1590. The van der Waals surface area contributed by atoms with Gasteiger partial charge in [0.1, 0.15) is 35.6 Å². The normalized spacial score (nSPS) is 29.4. The third-order valence-electron chi connectivity index (χ3n) is 15.0. The third-order valence-corrected chi connectivity index (χ3v) is 15.8. The maximum Gasteiger partial charge on any atom is 1.00 e. The van der Waals surface area contributed by atoms with Gasteiger partial charge in [0.2, 0.25) is 0 Å². The molecule has 8 saturated heterocycles. The summed E-state index contributed by atoms with van der Waals surface area (Å²) >= 11 is 2.31. The maximum atomic E-state index is 9.20. The van der Waals surface area contributed by atoms with Crippen molar-refractivity contribution in [3.8, 4) is 0 Å². The SMILES string of the molecule is CC.CC.CC.CC.CN1C2CC(O)CC1C2.CN1C2CC(OC3=CCC=C3)CC1C2.CN1C2CC(OC3=CCC=C3)CC1C2.CN1C2CC(OC3=CCC=C3)CC1C2.IC1=CCC=C1.O=CO[O-].[CH3-].[CH3-].[Cs+].[Cs+].[H-].[Pd].[Pd].[Pd].[Pd].[Y].[Y]. The Morgan fingerprint density at radius 1 is 0.468 bits per heavy atom. The van der Waals surface area contributed by atoms with E-state index in [1.165, 1.54) is 67.8 Å². The van der Waals surface area contributed by atoms with Crippen LogP contribution in [-0.4, -0.2) is 132 Å². The number of piperidine rings is 4. The molecule has 12 fully saturated rings. The predicted molar refractivity (Wildman–Crippen MR) is 305 cm³/mol. The van der Waals surface area contributed by atoms with Crippen LogP contribution >= 0.6 is 22.6 Å². The first kappa shape index (κ1) is 101. The number of aliphatic hydroxyl groups is 1. The number of hydrogen-bond donors (Lipinski definition) is 1. The van der Waals surface area contributed by atoms with Crippen molar-refractivity contribution < 1.29 is 321 Å². The summed E-state index contributed by atoms with van der Waals surface area (Å²) in [7, 11) is 8.88. The summed E-state index contributed by atoms with van der Waals surface area (Å²) in [6.07, 6.45) is 46.3. The van der Waals surface area contributed by atoms with Gasteiger partial charge in [-0.05, 0) is 190 Å². The van der Waals surface area contributed by atoms with Crippen LogP contribution in [-0.2, 0) is 171 Å². The molecule has 11 nitrogen and oxygen atoms in total. The monoisotopic (exact) mass is 1970 g/mol. The molecule has 8 bridgehead atoms. The maximum absolute atomic E-state index is 9.20. The van der Waals surface area contributed by atoms with Gasteiger partial charge in [-0.15, -0.1) is 0 Å². The number of fused-ring (bicyclic) bond motifs is 8. The van der Waals surface area contributed by atoms with Crippen LogP contribution in [0.5, 0.6) is 0 Å². The van der Waals surface area contributed by atoms with Crippen molar-refractivity contribution in [2.24, 2.45) is 0 Å². The van der Waals surface area contributed by atoms with Crippen LogP contribution in [0.15, 0.2) is 93.8 Å². The van der Waals surface area contributed by atoms with Crippen molar-refractivity contribution in [1.29, 1.82) is 0 Å². The van der Waals surface area contributed by atoms with Gasteiger partial charge in [0.05, 0.1) is 6.10 Å². The van der Waals surface area contributed by atoms with Crippen LogP contribution in [0.25, 0.3) is 0 Å². The molecular weight excluding hydrogens is 1870 g/mol. The van der Waals surface area contributed by atoms with E-state index in [0.29, 0.717) is 30.4 Å². The number of ether oxygens (including phenoxy) is 3. The molecule has 8 aliphatic carbocycles. The molecule has 16 aliphatic rings. The van der Waals surface area contributed by atoms with Gasteiger partial charge in [0.15, 0.2) is 0 Å². The Morgan fingerprint density at radius 2 is 0.684 bits per heavy atom. The number of halogens is 1. The smallest absolute Gasteiger partial charge is 1.00 e.